The molecule has 234 valence electrons. The predicted molar refractivity (Wildman–Crippen MR) is 174 cm³/mol. The number of carbonyl (C=O) groups excluding carboxylic acids is 3. The van der Waals surface area contributed by atoms with Gasteiger partial charge in [0.05, 0.1) is 32.6 Å². The molecule has 3 aromatic carbocycles. The first-order valence-electron chi connectivity index (χ1n) is 14.7. The first kappa shape index (κ1) is 29.7. The van der Waals surface area contributed by atoms with Crippen molar-refractivity contribution >= 4 is 75.4 Å². The van der Waals surface area contributed by atoms with Crippen LogP contribution in [-0.2, 0) is 14.4 Å². The number of aromatic nitrogens is 1. The van der Waals surface area contributed by atoms with Crippen molar-refractivity contribution in [3.05, 3.63) is 103 Å². The molecule has 1 aromatic heterocycles. The predicted octanol–water partition coefficient (Wildman–Crippen LogP) is 6.58. The zero-order valence-electron chi connectivity index (χ0n) is 23.7. The number of hydrogen-bond acceptors (Lipinski definition) is 7. The smallest absolute Gasteiger partial charge is 0.305 e. The van der Waals surface area contributed by atoms with E-state index in [9.17, 15) is 23.6 Å². The average Bonchev–Trinajstić information content (AvgIpc) is 3.77. The first-order valence-corrected chi connectivity index (χ1v) is 17.1. The number of aromatic amines is 1. The highest BCUT2D eigenvalue weighted by molar-refractivity contribution is 8.00. The van der Waals surface area contributed by atoms with E-state index < -0.39 is 17.7 Å². The number of anilines is 2. The van der Waals surface area contributed by atoms with E-state index in [2.05, 4.69) is 10.3 Å². The molecule has 3 fully saturated rings. The zero-order chi connectivity index (χ0) is 31.9. The summed E-state index contributed by atoms with van der Waals surface area (Å²) in [6, 6.07) is 17.7. The van der Waals surface area contributed by atoms with Crippen molar-refractivity contribution in [2.45, 2.75) is 22.6 Å². The van der Waals surface area contributed by atoms with Crippen LogP contribution in [0, 0.1) is 35.4 Å². The number of imide groups is 1. The summed E-state index contributed by atoms with van der Waals surface area (Å²) < 4.78 is 19.5. The quantitative estimate of drug-likeness (QED) is 0.221. The van der Waals surface area contributed by atoms with Crippen molar-refractivity contribution in [3.8, 4) is 5.75 Å². The van der Waals surface area contributed by atoms with Gasteiger partial charge in [0, 0.05) is 21.7 Å². The highest BCUT2D eigenvalue weighted by Gasteiger charge is 2.69. The first-order chi connectivity index (χ1) is 22.2. The van der Waals surface area contributed by atoms with Gasteiger partial charge in [-0.2, -0.15) is 0 Å². The van der Waals surface area contributed by atoms with Crippen molar-refractivity contribution in [3.63, 3.8) is 0 Å². The lowest BCUT2D eigenvalue weighted by Crippen LogP contribution is -2.42. The number of thioether (sulfide) groups is 1. The molecule has 2 bridgehead atoms. The van der Waals surface area contributed by atoms with Crippen LogP contribution in [0.5, 0.6) is 5.75 Å². The Kier molecular flexibility index (Phi) is 7.28. The molecule has 7 atom stereocenters. The van der Waals surface area contributed by atoms with Gasteiger partial charge in [-0.1, -0.05) is 46.7 Å². The van der Waals surface area contributed by atoms with Crippen molar-refractivity contribution in [1.29, 1.82) is 0 Å². The van der Waals surface area contributed by atoms with Crippen LogP contribution >= 0.6 is 46.3 Å². The van der Waals surface area contributed by atoms with Gasteiger partial charge in [0.15, 0.2) is 6.61 Å². The van der Waals surface area contributed by atoms with Crippen LogP contribution in [0.15, 0.2) is 76.6 Å². The van der Waals surface area contributed by atoms with Crippen LogP contribution in [0.3, 0.4) is 0 Å². The third-order valence-corrected chi connectivity index (χ3v) is 12.9. The number of halogens is 3. The van der Waals surface area contributed by atoms with Gasteiger partial charge in [0.2, 0.25) is 11.8 Å². The number of nitrogens with zero attached hydrogens (tertiary/aromatic N) is 1. The molecule has 6 unspecified atom stereocenters. The number of ether oxygens (including phenoxy) is 1. The molecule has 1 saturated heterocycles. The molecule has 8 rings (SSSR count). The second-order valence-electron chi connectivity index (χ2n) is 12.0. The van der Waals surface area contributed by atoms with Crippen LogP contribution in [0.2, 0.25) is 10.0 Å². The maximum absolute atomic E-state index is 13.9. The molecule has 8 nitrogen and oxygen atoms in total. The van der Waals surface area contributed by atoms with Crippen molar-refractivity contribution in [1.82, 2.24) is 4.98 Å². The number of benzene rings is 3. The Balaban J connectivity index is 1.08. The van der Waals surface area contributed by atoms with Crippen LogP contribution in [0.25, 0.3) is 0 Å². The van der Waals surface area contributed by atoms with E-state index in [1.165, 1.54) is 40.5 Å². The van der Waals surface area contributed by atoms with Gasteiger partial charge in [-0.3, -0.25) is 24.1 Å². The minimum absolute atomic E-state index is 0.00619. The molecule has 2 aliphatic heterocycles. The monoisotopic (exact) mass is 695 g/mol. The van der Waals surface area contributed by atoms with E-state index in [0.717, 1.165) is 21.9 Å². The van der Waals surface area contributed by atoms with Crippen molar-refractivity contribution in [2.75, 3.05) is 16.8 Å². The fraction of sp³-hybridized carbons (Fsp3) is 0.273. The lowest BCUT2D eigenvalue weighted by molar-refractivity contribution is -0.123. The van der Waals surface area contributed by atoms with E-state index in [-0.39, 0.29) is 58.1 Å². The van der Waals surface area contributed by atoms with Gasteiger partial charge < -0.3 is 15.0 Å². The van der Waals surface area contributed by atoms with E-state index in [1.54, 1.807) is 36.0 Å². The largest absolute Gasteiger partial charge is 0.484 e. The summed E-state index contributed by atoms with van der Waals surface area (Å²) in [5.41, 5.74) is 1.78. The van der Waals surface area contributed by atoms with Gasteiger partial charge in [-0.05, 0) is 84.3 Å². The molecule has 2 saturated carbocycles. The lowest BCUT2D eigenvalue weighted by Gasteiger charge is -2.43. The highest BCUT2D eigenvalue weighted by atomic mass is 35.5. The normalized spacial score (nSPS) is 27.4. The highest BCUT2D eigenvalue weighted by Crippen LogP contribution is 2.68. The molecule has 4 aliphatic rings. The number of amides is 3. The number of hydrogen-bond donors (Lipinski definition) is 2. The fourth-order valence-corrected chi connectivity index (χ4v) is 11.1. The SMILES string of the molecule is O=C(COc1cccc([C@H]2c3sc(=O)[nH]c3SC3C4CC(C5C(=O)N(c6ccc(F)cc6)C(=O)C45)C32)c1)Nc1ccc(Cl)c(Cl)c1. The molecule has 3 amide bonds. The Bertz CT molecular complexity index is 1980. The van der Waals surface area contributed by atoms with Gasteiger partial charge in [-0.15, -0.1) is 11.8 Å². The number of thiazole rings is 1. The standard InChI is InChI=1S/C33H24Cl2FN3O5S2/c34-21-9-6-16(11-22(21)35)37-23(40)13-44-18-3-1-2-14(10-18)24-25-19-12-20(28(25)45-30-29(24)46-33(43)38-30)27-26(19)31(41)39(32(27)42)17-7-4-15(36)5-8-17/h1-11,19-20,24-28H,12-13H2,(H,37,40)(H,38,43)/t19?,20?,24-,25?,26?,27?,28?/m1/s1. The number of rotatable bonds is 6. The van der Waals surface area contributed by atoms with E-state index in [0.29, 0.717) is 27.2 Å². The second-order valence-corrected chi connectivity index (χ2v) is 15.0. The van der Waals surface area contributed by atoms with Crippen LogP contribution in [0.4, 0.5) is 15.8 Å². The minimum Gasteiger partial charge on any atom is -0.484 e. The molecule has 0 spiro atoms. The van der Waals surface area contributed by atoms with Crippen molar-refractivity contribution < 1.29 is 23.5 Å². The maximum atomic E-state index is 13.9. The van der Waals surface area contributed by atoms with E-state index >= 15 is 0 Å². The van der Waals surface area contributed by atoms with Gasteiger partial charge in [0.25, 0.3) is 5.91 Å². The summed E-state index contributed by atoms with van der Waals surface area (Å²) in [6.07, 6.45) is 0.743. The summed E-state index contributed by atoms with van der Waals surface area (Å²) in [7, 11) is 0. The van der Waals surface area contributed by atoms with E-state index in [4.69, 9.17) is 27.9 Å². The second kappa shape index (κ2) is 11.3. The molecular weight excluding hydrogens is 672 g/mol. The summed E-state index contributed by atoms with van der Waals surface area (Å²) >= 11 is 14.8. The fourth-order valence-electron chi connectivity index (χ4n) is 7.95. The van der Waals surface area contributed by atoms with Gasteiger partial charge >= 0.3 is 4.87 Å². The number of nitrogens with one attached hydrogen (secondary N) is 2. The Labute approximate surface area is 280 Å². The van der Waals surface area contributed by atoms with E-state index in [1.807, 2.05) is 18.2 Å². The summed E-state index contributed by atoms with van der Waals surface area (Å²) in [6.45, 7) is -0.247. The van der Waals surface area contributed by atoms with Gasteiger partial charge in [0.1, 0.15) is 11.6 Å². The lowest BCUT2D eigenvalue weighted by atomic mass is 9.68. The molecule has 2 aliphatic carbocycles. The molecule has 2 N–H and O–H groups in total. The Morgan fingerprint density at radius 1 is 0.978 bits per heavy atom. The minimum atomic E-state index is -0.478. The van der Waals surface area contributed by atoms with Gasteiger partial charge in [-0.25, -0.2) is 4.39 Å². The molecule has 3 heterocycles. The summed E-state index contributed by atoms with van der Waals surface area (Å²) in [5.74, 6) is -2.08. The third kappa shape index (κ3) is 4.78. The molecule has 13 heteroatoms. The number of carbonyl (C=O) groups is 3. The topological polar surface area (TPSA) is 109 Å². The average molecular weight is 697 g/mol. The third-order valence-electron chi connectivity index (χ3n) is 9.60. The van der Waals surface area contributed by atoms with Crippen LogP contribution in [-0.4, -0.2) is 34.6 Å². The van der Waals surface area contributed by atoms with Crippen LogP contribution < -0.4 is 19.8 Å². The molecule has 46 heavy (non-hydrogen) atoms. The Morgan fingerprint density at radius 2 is 1.74 bits per heavy atom. The Hall–Kier alpha value is -3.64. The summed E-state index contributed by atoms with van der Waals surface area (Å²) in [4.78, 5) is 57.9. The molecular formula is C33H24Cl2FN3O5S2. The Morgan fingerprint density at radius 3 is 2.50 bits per heavy atom. The molecule has 0 radical (unpaired) electrons. The van der Waals surface area contributed by atoms with Crippen LogP contribution in [0.1, 0.15) is 22.8 Å². The number of H-pyrrole nitrogens is 1. The number of fused-ring (bicyclic) bond motifs is 9. The summed E-state index contributed by atoms with van der Waals surface area (Å²) in [5, 5.41) is 4.25. The van der Waals surface area contributed by atoms with Crippen molar-refractivity contribution in [2.24, 2.45) is 29.6 Å². The zero-order valence-corrected chi connectivity index (χ0v) is 26.9. The maximum Gasteiger partial charge on any atom is 0.305 e. The molecule has 4 aromatic rings.